The van der Waals surface area contributed by atoms with Gasteiger partial charge in [-0.15, -0.1) is 11.3 Å². The number of amides is 2. The molecule has 128 valence electrons. The Balaban J connectivity index is 1.90. The van der Waals surface area contributed by atoms with Crippen LogP contribution in [0.4, 0.5) is 4.39 Å². The Labute approximate surface area is 145 Å². The van der Waals surface area contributed by atoms with E-state index >= 15 is 0 Å². The minimum atomic E-state index is -0.310. The highest BCUT2D eigenvalue weighted by atomic mass is 32.1. The molecule has 0 radical (unpaired) electrons. The molecule has 6 heteroatoms. The molecular formula is C18H21FN2O2S. The Morgan fingerprint density at radius 3 is 2.42 bits per heavy atom. The lowest BCUT2D eigenvalue weighted by Crippen LogP contribution is -2.40. The van der Waals surface area contributed by atoms with Gasteiger partial charge in [0.15, 0.2) is 0 Å². The van der Waals surface area contributed by atoms with Gasteiger partial charge in [0.05, 0.1) is 11.4 Å². The molecular weight excluding hydrogens is 327 g/mol. The van der Waals surface area contributed by atoms with Gasteiger partial charge in [0.1, 0.15) is 5.82 Å². The summed E-state index contributed by atoms with van der Waals surface area (Å²) < 4.78 is 12.9. The van der Waals surface area contributed by atoms with E-state index < -0.39 is 0 Å². The Bertz CT molecular complexity index is 697. The fourth-order valence-electron chi connectivity index (χ4n) is 2.20. The molecule has 0 aliphatic carbocycles. The van der Waals surface area contributed by atoms with Crippen molar-refractivity contribution in [3.63, 3.8) is 0 Å². The molecule has 0 fully saturated rings. The molecule has 0 saturated heterocycles. The quantitative estimate of drug-likeness (QED) is 0.835. The number of nitrogens with zero attached hydrogens (tertiary/aromatic N) is 1. The first-order chi connectivity index (χ1) is 11.5. The second-order valence-corrected chi connectivity index (χ2v) is 6.51. The second kappa shape index (κ2) is 8.59. The van der Waals surface area contributed by atoms with Crippen LogP contribution in [0.2, 0.25) is 0 Å². The van der Waals surface area contributed by atoms with Crippen molar-refractivity contribution >= 4 is 23.2 Å². The zero-order chi connectivity index (χ0) is 17.5. The van der Waals surface area contributed by atoms with E-state index in [4.69, 9.17) is 0 Å². The third-order valence-corrected chi connectivity index (χ3v) is 4.84. The summed E-state index contributed by atoms with van der Waals surface area (Å²) in [6.07, 6.45) is 0.891. The van der Waals surface area contributed by atoms with E-state index in [0.29, 0.717) is 18.0 Å². The first-order valence-electron chi connectivity index (χ1n) is 7.92. The van der Waals surface area contributed by atoms with Gasteiger partial charge in [-0.05, 0) is 43.2 Å². The van der Waals surface area contributed by atoms with Crippen molar-refractivity contribution in [1.82, 2.24) is 10.2 Å². The molecule has 0 atom stereocenters. The number of carbonyl (C=O) groups is 2. The number of carbonyl (C=O) groups excluding carboxylic acids is 2. The SMILES string of the molecule is CCc1ccc(C(=O)N(CC)CC(=O)NCc2ccc(F)cc2)s1. The van der Waals surface area contributed by atoms with Crippen LogP contribution in [-0.4, -0.2) is 29.8 Å². The van der Waals surface area contributed by atoms with Crippen LogP contribution in [0, 0.1) is 5.82 Å². The molecule has 2 rings (SSSR count). The molecule has 2 aromatic rings. The predicted octanol–water partition coefficient (Wildman–Crippen LogP) is 3.23. The van der Waals surface area contributed by atoms with E-state index in [1.807, 2.05) is 26.0 Å². The van der Waals surface area contributed by atoms with E-state index in [9.17, 15) is 14.0 Å². The molecule has 1 heterocycles. The Morgan fingerprint density at radius 1 is 1.12 bits per heavy atom. The molecule has 0 aliphatic heterocycles. The predicted molar refractivity (Wildman–Crippen MR) is 93.5 cm³/mol. The highest BCUT2D eigenvalue weighted by molar-refractivity contribution is 7.14. The normalized spacial score (nSPS) is 10.5. The average molecular weight is 348 g/mol. The van der Waals surface area contributed by atoms with E-state index in [0.717, 1.165) is 16.9 Å². The first kappa shape index (κ1) is 18.1. The summed E-state index contributed by atoms with van der Waals surface area (Å²) in [5, 5.41) is 2.75. The fourth-order valence-corrected chi connectivity index (χ4v) is 3.11. The van der Waals surface area contributed by atoms with Crippen LogP contribution in [0.1, 0.15) is 34.0 Å². The molecule has 0 bridgehead atoms. The van der Waals surface area contributed by atoms with Gasteiger partial charge in [-0.25, -0.2) is 4.39 Å². The minimum Gasteiger partial charge on any atom is -0.350 e. The van der Waals surface area contributed by atoms with Crippen molar-refractivity contribution in [2.45, 2.75) is 26.8 Å². The number of benzene rings is 1. The average Bonchev–Trinajstić information content (AvgIpc) is 3.07. The second-order valence-electron chi connectivity index (χ2n) is 5.34. The van der Waals surface area contributed by atoms with E-state index in [1.165, 1.54) is 28.4 Å². The number of nitrogens with one attached hydrogen (secondary N) is 1. The molecule has 2 amide bonds. The van der Waals surface area contributed by atoms with Gasteiger partial charge in [0.25, 0.3) is 5.91 Å². The number of halogens is 1. The number of rotatable bonds is 7. The molecule has 0 saturated carbocycles. The van der Waals surface area contributed by atoms with E-state index in [2.05, 4.69) is 5.32 Å². The molecule has 1 aromatic heterocycles. The van der Waals surface area contributed by atoms with Crippen LogP contribution in [0.3, 0.4) is 0 Å². The van der Waals surface area contributed by atoms with Crippen molar-refractivity contribution in [1.29, 1.82) is 0 Å². The zero-order valence-corrected chi connectivity index (χ0v) is 14.7. The Kier molecular flexibility index (Phi) is 6.49. The maximum absolute atomic E-state index is 12.9. The lowest BCUT2D eigenvalue weighted by Gasteiger charge is -2.19. The fraction of sp³-hybridized carbons (Fsp3) is 0.333. The number of likely N-dealkylation sites (N-methyl/N-ethyl adjacent to an activating group) is 1. The van der Waals surface area contributed by atoms with Gasteiger partial charge in [0, 0.05) is 18.0 Å². The Hall–Kier alpha value is -2.21. The van der Waals surface area contributed by atoms with Crippen LogP contribution in [0.5, 0.6) is 0 Å². The summed E-state index contributed by atoms with van der Waals surface area (Å²) in [5.41, 5.74) is 0.810. The summed E-state index contributed by atoms with van der Waals surface area (Å²) in [7, 11) is 0. The smallest absolute Gasteiger partial charge is 0.264 e. The third kappa shape index (κ3) is 4.89. The Morgan fingerprint density at radius 2 is 1.83 bits per heavy atom. The maximum Gasteiger partial charge on any atom is 0.264 e. The largest absolute Gasteiger partial charge is 0.350 e. The van der Waals surface area contributed by atoms with E-state index in [1.54, 1.807) is 12.1 Å². The van der Waals surface area contributed by atoms with Crippen molar-refractivity contribution in [2.75, 3.05) is 13.1 Å². The van der Waals surface area contributed by atoms with Crippen LogP contribution < -0.4 is 5.32 Å². The number of aryl methyl sites for hydroxylation is 1. The molecule has 0 unspecified atom stereocenters. The van der Waals surface area contributed by atoms with Gasteiger partial charge in [-0.2, -0.15) is 0 Å². The third-order valence-electron chi connectivity index (χ3n) is 3.63. The molecule has 1 aromatic carbocycles. The van der Waals surface area contributed by atoms with Crippen LogP contribution in [0.15, 0.2) is 36.4 Å². The summed E-state index contributed by atoms with van der Waals surface area (Å²) in [4.78, 5) is 27.9. The standard InChI is InChI=1S/C18H21FN2O2S/c1-3-15-9-10-16(24-15)18(23)21(4-2)12-17(22)20-11-13-5-7-14(19)8-6-13/h5-10H,3-4,11-12H2,1-2H3,(H,20,22). The molecule has 24 heavy (non-hydrogen) atoms. The summed E-state index contributed by atoms with van der Waals surface area (Å²) in [6.45, 7) is 4.67. The van der Waals surface area contributed by atoms with Crippen molar-refractivity contribution in [3.8, 4) is 0 Å². The lowest BCUT2D eigenvalue weighted by molar-refractivity contribution is -0.121. The van der Waals surface area contributed by atoms with Crippen molar-refractivity contribution < 1.29 is 14.0 Å². The van der Waals surface area contributed by atoms with Crippen LogP contribution in [0.25, 0.3) is 0 Å². The monoisotopic (exact) mass is 348 g/mol. The number of thiophene rings is 1. The van der Waals surface area contributed by atoms with Gasteiger partial charge in [-0.3, -0.25) is 9.59 Å². The maximum atomic E-state index is 12.9. The van der Waals surface area contributed by atoms with Crippen LogP contribution in [-0.2, 0) is 17.8 Å². The van der Waals surface area contributed by atoms with Gasteiger partial charge < -0.3 is 10.2 Å². The van der Waals surface area contributed by atoms with E-state index in [-0.39, 0.29) is 24.2 Å². The van der Waals surface area contributed by atoms with Gasteiger partial charge in [0.2, 0.25) is 5.91 Å². The topological polar surface area (TPSA) is 49.4 Å². The molecule has 0 aliphatic rings. The van der Waals surface area contributed by atoms with Gasteiger partial charge >= 0.3 is 0 Å². The van der Waals surface area contributed by atoms with Crippen molar-refractivity contribution in [3.05, 3.63) is 57.5 Å². The zero-order valence-electron chi connectivity index (χ0n) is 13.8. The summed E-state index contributed by atoms with van der Waals surface area (Å²) in [6, 6.07) is 9.70. The van der Waals surface area contributed by atoms with Crippen LogP contribution >= 0.6 is 11.3 Å². The number of hydrogen-bond acceptors (Lipinski definition) is 3. The summed E-state index contributed by atoms with van der Waals surface area (Å²) >= 11 is 1.46. The minimum absolute atomic E-state index is 0.00981. The number of hydrogen-bond donors (Lipinski definition) is 1. The molecule has 0 spiro atoms. The summed E-state index contributed by atoms with van der Waals surface area (Å²) in [5.74, 6) is -0.670. The lowest BCUT2D eigenvalue weighted by atomic mass is 10.2. The highest BCUT2D eigenvalue weighted by Crippen LogP contribution is 2.18. The van der Waals surface area contributed by atoms with Crippen molar-refractivity contribution in [2.24, 2.45) is 0 Å². The van der Waals surface area contributed by atoms with Gasteiger partial charge in [-0.1, -0.05) is 19.1 Å². The first-order valence-corrected chi connectivity index (χ1v) is 8.74. The highest BCUT2D eigenvalue weighted by Gasteiger charge is 2.18. The molecule has 4 nitrogen and oxygen atoms in total. The molecule has 1 N–H and O–H groups in total.